The number of rotatable bonds is 7. The third-order valence-corrected chi connectivity index (χ3v) is 3.15. The molecule has 1 atom stereocenters. The monoisotopic (exact) mass is 300 g/mol. The summed E-state index contributed by atoms with van der Waals surface area (Å²) >= 11 is 3.41. The van der Waals surface area contributed by atoms with Crippen LogP contribution in [-0.2, 0) is 0 Å². The molecule has 0 aliphatic rings. The maximum atomic E-state index is 9.25. The highest BCUT2D eigenvalue weighted by Crippen LogP contribution is 2.19. The maximum Gasteiger partial charge on any atom is 0.120 e. The molecule has 0 saturated carbocycles. The average Bonchev–Trinajstić information content (AvgIpc) is 2.27. The maximum absolute atomic E-state index is 9.25. The van der Waals surface area contributed by atoms with Gasteiger partial charge in [0.2, 0.25) is 0 Å². The summed E-state index contributed by atoms with van der Waals surface area (Å²) < 4.78 is 6.68. The predicted molar refractivity (Wildman–Crippen MR) is 74.3 cm³/mol. The van der Waals surface area contributed by atoms with Gasteiger partial charge in [-0.2, -0.15) is 0 Å². The first-order valence-corrected chi connectivity index (χ1v) is 6.90. The van der Waals surface area contributed by atoms with Gasteiger partial charge in [0.25, 0.3) is 0 Å². The molecular weight excluding hydrogens is 280 g/mol. The standard InChI is InChI=1S/C14H21BrO2/c1-11(2)8-12(10-16)6-7-17-14-5-3-4-13(15)9-14/h3-5,9,11-12,16H,6-8,10H2,1-2H3. The first kappa shape index (κ1) is 14.5. The largest absolute Gasteiger partial charge is 0.494 e. The fourth-order valence-electron chi connectivity index (χ4n) is 1.85. The Bertz CT molecular complexity index is 326. The third-order valence-electron chi connectivity index (χ3n) is 2.65. The number of hydrogen-bond acceptors (Lipinski definition) is 2. The van der Waals surface area contributed by atoms with Gasteiger partial charge in [-0.1, -0.05) is 35.8 Å². The van der Waals surface area contributed by atoms with Crippen LogP contribution >= 0.6 is 15.9 Å². The van der Waals surface area contributed by atoms with E-state index in [4.69, 9.17) is 4.74 Å². The minimum Gasteiger partial charge on any atom is -0.494 e. The van der Waals surface area contributed by atoms with E-state index >= 15 is 0 Å². The number of aliphatic hydroxyl groups excluding tert-OH is 1. The van der Waals surface area contributed by atoms with Gasteiger partial charge in [0.15, 0.2) is 0 Å². The Labute approximate surface area is 112 Å². The van der Waals surface area contributed by atoms with Crippen molar-refractivity contribution in [2.45, 2.75) is 26.7 Å². The van der Waals surface area contributed by atoms with Crippen LogP contribution < -0.4 is 4.74 Å². The minimum atomic E-state index is 0.250. The molecule has 2 nitrogen and oxygen atoms in total. The summed E-state index contributed by atoms with van der Waals surface area (Å²) in [5.41, 5.74) is 0. The number of benzene rings is 1. The molecular formula is C14H21BrO2. The molecule has 0 aromatic heterocycles. The van der Waals surface area contributed by atoms with E-state index in [9.17, 15) is 5.11 Å². The topological polar surface area (TPSA) is 29.5 Å². The Kier molecular flexibility index (Phi) is 6.60. The highest BCUT2D eigenvalue weighted by molar-refractivity contribution is 9.10. The van der Waals surface area contributed by atoms with Crippen LogP contribution in [0.5, 0.6) is 5.75 Å². The molecule has 0 radical (unpaired) electrons. The fraction of sp³-hybridized carbons (Fsp3) is 0.571. The molecule has 1 aromatic rings. The van der Waals surface area contributed by atoms with E-state index < -0.39 is 0 Å². The normalized spacial score (nSPS) is 12.8. The lowest BCUT2D eigenvalue weighted by molar-refractivity contribution is 0.173. The Morgan fingerprint density at radius 1 is 1.35 bits per heavy atom. The zero-order valence-corrected chi connectivity index (χ0v) is 12.1. The molecule has 17 heavy (non-hydrogen) atoms. The van der Waals surface area contributed by atoms with Crippen LogP contribution in [0.2, 0.25) is 0 Å². The van der Waals surface area contributed by atoms with Crippen LogP contribution in [0.15, 0.2) is 28.7 Å². The van der Waals surface area contributed by atoms with Gasteiger partial charge < -0.3 is 9.84 Å². The lowest BCUT2D eigenvalue weighted by Gasteiger charge is -2.16. The molecule has 1 unspecified atom stereocenters. The predicted octanol–water partition coefficient (Wildman–Crippen LogP) is 3.87. The summed E-state index contributed by atoms with van der Waals surface area (Å²) in [7, 11) is 0. The molecule has 0 saturated heterocycles. The summed E-state index contributed by atoms with van der Waals surface area (Å²) in [4.78, 5) is 0. The van der Waals surface area contributed by atoms with Crippen molar-refractivity contribution in [2.24, 2.45) is 11.8 Å². The summed E-state index contributed by atoms with van der Waals surface area (Å²) in [6.45, 7) is 5.27. The second-order valence-corrected chi connectivity index (χ2v) is 5.69. The van der Waals surface area contributed by atoms with Crippen molar-refractivity contribution >= 4 is 15.9 Å². The number of hydrogen-bond donors (Lipinski definition) is 1. The first-order valence-electron chi connectivity index (χ1n) is 6.11. The van der Waals surface area contributed by atoms with Crippen molar-refractivity contribution in [3.05, 3.63) is 28.7 Å². The highest BCUT2D eigenvalue weighted by atomic mass is 79.9. The van der Waals surface area contributed by atoms with Gasteiger partial charge in [-0.3, -0.25) is 0 Å². The molecule has 0 fully saturated rings. The van der Waals surface area contributed by atoms with Gasteiger partial charge in [-0.25, -0.2) is 0 Å². The second kappa shape index (κ2) is 7.72. The number of ether oxygens (including phenoxy) is 1. The Morgan fingerprint density at radius 2 is 2.12 bits per heavy atom. The number of aliphatic hydroxyl groups is 1. The lowest BCUT2D eigenvalue weighted by atomic mass is 9.95. The smallest absolute Gasteiger partial charge is 0.120 e. The van der Waals surface area contributed by atoms with Crippen molar-refractivity contribution in [1.82, 2.24) is 0 Å². The zero-order valence-electron chi connectivity index (χ0n) is 10.5. The summed E-state index contributed by atoms with van der Waals surface area (Å²) in [6.07, 6.45) is 1.96. The van der Waals surface area contributed by atoms with E-state index in [2.05, 4.69) is 29.8 Å². The van der Waals surface area contributed by atoms with Crippen LogP contribution in [0.1, 0.15) is 26.7 Å². The molecule has 0 aliphatic heterocycles. The van der Waals surface area contributed by atoms with Gasteiger partial charge in [-0.15, -0.1) is 0 Å². The van der Waals surface area contributed by atoms with Crippen molar-refractivity contribution in [3.8, 4) is 5.75 Å². The lowest BCUT2D eigenvalue weighted by Crippen LogP contribution is -2.13. The first-order chi connectivity index (χ1) is 8.11. The molecule has 1 aromatic carbocycles. The molecule has 1 rings (SSSR count). The van der Waals surface area contributed by atoms with Crippen LogP contribution in [0, 0.1) is 11.8 Å². The van der Waals surface area contributed by atoms with E-state index in [1.165, 1.54) is 0 Å². The van der Waals surface area contributed by atoms with E-state index in [0.717, 1.165) is 23.1 Å². The van der Waals surface area contributed by atoms with Crippen LogP contribution in [-0.4, -0.2) is 18.3 Å². The van der Waals surface area contributed by atoms with Gasteiger partial charge in [-0.05, 0) is 42.9 Å². The van der Waals surface area contributed by atoms with Crippen molar-refractivity contribution < 1.29 is 9.84 Å². The molecule has 96 valence electrons. The molecule has 0 amide bonds. The quantitative estimate of drug-likeness (QED) is 0.828. The van der Waals surface area contributed by atoms with E-state index in [1.54, 1.807) is 0 Å². The van der Waals surface area contributed by atoms with E-state index in [0.29, 0.717) is 18.4 Å². The van der Waals surface area contributed by atoms with Crippen molar-refractivity contribution in [2.75, 3.05) is 13.2 Å². The van der Waals surface area contributed by atoms with Gasteiger partial charge >= 0.3 is 0 Å². The van der Waals surface area contributed by atoms with Gasteiger partial charge in [0, 0.05) is 11.1 Å². The highest BCUT2D eigenvalue weighted by Gasteiger charge is 2.09. The Balaban J connectivity index is 2.31. The minimum absolute atomic E-state index is 0.250. The second-order valence-electron chi connectivity index (χ2n) is 4.77. The summed E-state index contributed by atoms with van der Waals surface area (Å²) in [6, 6.07) is 7.83. The molecule has 0 heterocycles. The third kappa shape index (κ3) is 6.08. The van der Waals surface area contributed by atoms with Crippen LogP contribution in [0.4, 0.5) is 0 Å². The molecule has 0 bridgehead atoms. The summed E-state index contributed by atoms with van der Waals surface area (Å²) in [5, 5.41) is 9.25. The molecule has 1 N–H and O–H groups in total. The molecule has 0 spiro atoms. The van der Waals surface area contributed by atoms with Crippen molar-refractivity contribution in [3.63, 3.8) is 0 Å². The zero-order chi connectivity index (χ0) is 12.7. The van der Waals surface area contributed by atoms with Crippen LogP contribution in [0.25, 0.3) is 0 Å². The van der Waals surface area contributed by atoms with E-state index in [1.807, 2.05) is 24.3 Å². The molecule has 3 heteroatoms. The van der Waals surface area contributed by atoms with E-state index in [-0.39, 0.29) is 6.61 Å². The van der Waals surface area contributed by atoms with Gasteiger partial charge in [0.05, 0.1) is 6.61 Å². The number of halogens is 1. The average molecular weight is 301 g/mol. The Hall–Kier alpha value is -0.540. The SMILES string of the molecule is CC(C)CC(CO)CCOc1cccc(Br)c1. The van der Waals surface area contributed by atoms with Crippen molar-refractivity contribution in [1.29, 1.82) is 0 Å². The fourth-order valence-corrected chi connectivity index (χ4v) is 2.23. The summed E-state index contributed by atoms with van der Waals surface area (Å²) in [5.74, 6) is 1.85. The Morgan fingerprint density at radius 3 is 2.71 bits per heavy atom. The molecule has 0 aliphatic carbocycles. The van der Waals surface area contributed by atoms with Crippen LogP contribution in [0.3, 0.4) is 0 Å². The van der Waals surface area contributed by atoms with Gasteiger partial charge in [0.1, 0.15) is 5.75 Å².